The number of rotatable bonds is 4. The van der Waals surface area contributed by atoms with E-state index in [-0.39, 0.29) is 34.9 Å². The van der Waals surface area contributed by atoms with E-state index in [1.54, 1.807) is 34.6 Å². The molecule has 0 saturated carbocycles. The van der Waals surface area contributed by atoms with Gasteiger partial charge in [0.1, 0.15) is 17.5 Å². The monoisotopic (exact) mass is 444 g/mol. The van der Waals surface area contributed by atoms with E-state index in [0.29, 0.717) is 31.5 Å². The van der Waals surface area contributed by atoms with Gasteiger partial charge in [0.2, 0.25) is 17.7 Å². The summed E-state index contributed by atoms with van der Waals surface area (Å²) in [4.78, 5) is 53.9. The molecule has 3 N–H and O–H groups in total. The molecule has 0 bridgehead atoms. The van der Waals surface area contributed by atoms with E-state index in [1.807, 2.05) is 32.0 Å². The van der Waals surface area contributed by atoms with Crippen molar-refractivity contribution in [1.82, 2.24) is 15.1 Å². The fraction of sp³-hybridized carbons (Fsp3) is 0.545. The molecule has 4 rings (SSSR count). The molecule has 3 aliphatic rings. The molecule has 9 heteroatoms. The highest BCUT2D eigenvalue weighted by atomic mass is 32.2. The summed E-state index contributed by atoms with van der Waals surface area (Å²) in [7, 11) is 0. The van der Waals surface area contributed by atoms with Gasteiger partial charge in [0.15, 0.2) is 0 Å². The van der Waals surface area contributed by atoms with Crippen LogP contribution in [0.25, 0.3) is 0 Å². The Bertz CT molecular complexity index is 941. The first-order valence-electron chi connectivity index (χ1n) is 10.6. The van der Waals surface area contributed by atoms with Crippen LogP contribution < -0.4 is 11.1 Å². The van der Waals surface area contributed by atoms with Gasteiger partial charge >= 0.3 is 0 Å². The summed E-state index contributed by atoms with van der Waals surface area (Å²) >= 11 is 1.59. The highest BCUT2D eigenvalue weighted by Gasteiger charge is 2.57. The molecule has 1 aromatic rings. The van der Waals surface area contributed by atoms with E-state index >= 15 is 0 Å². The Morgan fingerprint density at radius 1 is 1.19 bits per heavy atom. The van der Waals surface area contributed by atoms with Crippen LogP contribution in [0.2, 0.25) is 0 Å². The minimum atomic E-state index is -0.724. The highest BCUT2D eigenvalue weighted by molar-refractivity contribution is 8.01. The number of amides is 4. The number of thioether (sulfide) groups is 1. The molecule has 0 spiro atoms. The number of primary amides is 1. The van der Waals surface area contributed by atoms with Gasteiger partial charge < -0.3 is 20.9 Å². The molecule has 31 heavy (non-hydrogen) atoms. The lowest BCUT2D eigenvalue weighted by Crippen LogP contribution is -2.57. The van der Waals surface area contributed by atoms with Gasteiger partial charge in [0.05, 0.1) is 0 Å². The average Bonchev–Trinajstić information content (AvgIpc) is 3.16. The number of fused-ring (bicyclic) bond motifs is 3. The maximum Gasteiger partial charge on any atom is 0.256 e. The second-order valence-corrected chi connectivity index (χ2v) is 10.7. The van der Waals surface area contributed by atoms with Crippen molar-refractivity contribution in [2.75, 3.05) is 13.1 Å². The largest absolute Gasteiger partial charge is 0.369 e. The van der Waals surface area contributed by atoms with Gasteiger partial charge in [-0.2, -0.15) is 0 Å². The van der Waals surface area contributed by atoms with Gasteiger partial charge in [-0.3, -0.25) is 19.2 Å². The number of likely N-dealkylation sites (tertiary alicyclic amines) is 1. The van der Waals surface area contributed by atoms with Crippen LogP contribution >= 0.6 is 11.8 Å². The van der Waals surface area contributed by atoms with Gasteiger partial charge in [-0.1, -0.05) is 18.2 Å². The molecular formula is C22H28N4O4S. The van der Waals surface area contributed by atoms with Crippen molar-refractivity contribution < 1.29 is 19.2 Å². The second-order valence-electron chi connectivity index (χ2n) is 9.01. The fourth-order valence-electron chi connectivity index (χ4n) is 4.82. The summed E-state index contributed by atoms with van der Waals surface area (Å²) in [5.41, 5.74) is 6.93. The number of hydrogen-bond acceptors (Lipinski definition) is 5. The van der Waals surface area contributed by atoms with Gasteiger partial charge in [-0.05, 0) is 45.2 Å². The van der Waals surface area contributed by atoms with E-state index in [1.165, 1.54) is 0 Å². The van der Waals surface area contributed by atoms with Crippen LogP contribution in [-0.2, 0) is 14.4 Å². The van der Waals surface area contributed by atoms with E-state index in [4.69, 9.17) is 5.73 Å². The summed E-state index contributed by atoms with van der Waals surface area (Å²) in [6.45, 7) is 6.46. The molecule has 4 amide bonds. The summed E-state index contributed by atoms with van der Waals surface area (Å²) < 4.78 is -0.499. The first kappa shape index (κ1) is 21.7. The first-order valence-corrected chi connectivity index (χ1v) is 11.5. The topological polar surface area (TPSA) is 113 Å². The molecule has 2 saturated heterocycles. The molecular weight excluding hydrogens is 416 g/mol. The van der Waals surface area contributed by atoms with Crippen molar-refractivity contribution in [3.63, 3.8) is 0 Å². The summed E-state index contributed by atoms with van der Waals surface area (Å²) in [6.07, 6.45) is 1.08. The Labute approximate surface area is 185 Å². The van der Waals surface area contributed by atoms with Crippen LogP contribution in [0.5, 0.6) is 0 Å². The standard InChI is InChI=1S/C22H28N4O4S/c1-12(19(29)25-10-8-13(9-11-25)17(23)27)24-18(28)16-22(2,3)31-21-15-7-5-4-6-14(15)20(30)26(16)21/h4-7,12-13,16,21H,8-11H2,1-3H3,(H2,23,27)(H,24,28). The van der Waals surface area contributed by atoms with Crippen LogP contribution in [-0.4, -0.2) is 63.3 Å². The van der Waals surface area contributed by atoms with Crippen LogP contribution in [0.15, 0.2) is 24.3 Å². The van der Waals surface area contributed by atoms with Crippen molar-refractivity contribution in [2.24, 2.45) is 11.7 Å². The molecule has 3 atom stereocenters. The molecule has 0 aromatic heterocycles. The second kappa shape index (κ2) is 7.85. The summed E-state index contributed by atoms with van der Waals surface area (Å²) in [6, 6.07) is 6.05. The Hall–Kier alpha value is -2.55. The van der Waals surface area contributed by atoms with E-state index in [0.717, 1.165) is 5.56 Å². The van der Waals surface area contributed by atoms with E-state index < -0.39 is 16.8 Å². The van der Waals surface area contributed by atoms with Crippen molar-refractivity contribution >= 4 is 35.4 Å². The molecule has 166 valence electrons. The van der Waals surface area contributed by atoms with E-state index in [2.05, 4.69) is 5.32 Å². The van der Waals surface area contributed by atoms with E-state index in [9.17, 15) is 19.2 Å². The minimum absolute atomic E-state index is 0.147. The van der Waals surface area contributed by atoms with Crippen molar-refractivity contribution in [2.45, 2.75) is 55.8 Å². The van der Waals surface area contributed by atoms with Gasteiger partial charge in [-0.15, -0.1) is 11.8 Å². The average molecular weight is 445 g/mol. The van der Waals surface area contributed by atoms with Crippen LogP contribution in [0.3, 0.4) is 0 Å². The first-order chi connectivity index (χ1) is 14.6. The van der Waals surface area contributed by atoms with Gasteiger partial charge in [0, 0.05) is 29.3 Å². The number of carbonyl (C=O) groups excluding carboxylic acids is 4. The molecule has 1 aromatic carbocycles. The predicted molar refractivity (Wildman–Crippen MR) is 117 cm³/mol. The SMILES string of the molecule is CC(NC(=O)C1N2C(=O)c3ccccc3C2SC1(C)C)C(=O)N1CCC(C(N)=O)CC1. The smallest absolute Gasteiger partial charge is 0.256 e. The Morgan fingerprint density at radius 2 is 1.84 bits per heavy atom. The highest BCUT2D eigenvalue weighted by Crippen LogP contribution is 2.56. The third-order valence-corrected chi connectivity index (χ3v) is 8.02. The maximum absolute atomic E-state index is 13.3. The van der Waals surface area contributed by atoms with Crippen LogP contribution in [0.1, 0.15) is 54.9 Å². The molecule has 3 unspecified atom stereocenters. The molecule has 3 aliphatic heterocycles. The lowest BCUT2D eigenvalue weighted by Gasteiger charge is -2.34. The lowest BCUT2D eigenvalue weighted by molar-refractivity contribution is -0.139. The Kier molecular flexibility index (Phi) is 5.49. The Morgan fingerprint density at radius 3 is 2.48 bits per heavy atom. The number of nitrogens with two attached hydrogens (primary N) is 1. The third-order valence-electron chi connectivity index (χ3n) is 6.48. The lowest BCUT2D eigenvalue weighted by atomic mass is 9.96. The molecule has 8 nitrogen and oxygen atoms in total. The zero-order chi connectivity index (χ0) is 22.5. The third kappa shape index (κ3) is 3.69. The van der Waals surface area contributed by atoms with Gasteiger partial charge in [0.25, 0.3) is 5.91 Å². The maximum atomic E-state index is 13.3. The molecule has 3 heterocycles. The minimum Gasteiger partial charge on any atom is -0.369 e. The number of carbonyl (C=O) groups is 4. The number of hydrogen-bond donors (Lipinski definition) is 2. The number of nitrogens with zero attached hydrogens (tertiary/aromatic N) is 2. The fourth-order valence-corrected chi connectivity index (χ4v) is 6.41. The summed E-state index contributed by atoms with van der Waals surface area (Å²) in [5.74, 6) is -1.20. The van der Waals surface area contributed by atoms with Crippen molar-refractivity contribution in [3.8, 4) is 0 Å². The zero-order valence-corrected chi connectivity index (χ0v) is 18.8. The van der Waals surface area contributed by atoms with Crippen molar-refractivity contribution in [3.05, 3.63) is 35.4 Å². The van der Waals surface area contributed by atoms with Gasteiger partial charge in [-0.25, -0.2) is 0 Å². The quantitative estimate of drug-likeness (QED) is 0.726. The molecule has 0 radical (unpaired) electrons. The normalized spacial score (nSPS) is 25.7. The number of nitrogens with one attached hydrogen (secondary N) is 1. The Balaban J connectivity index is 1.45. The predicted octanol–water partition coefficient (Wildman–Crippen LogP) is 1.26. The molecule has 0 aliphatic carbocycles. The zero-order valence-electron chi connectivity index (χ0n) is 18.0. The molecule has 2 fully saturated rings. The van der Waals surface area contributed by atoms with Crippen molar-refractivity contribution in [1.29, 1.82) is 0 Å². The summed E-state index contributed by atoms with van der Waals surface area (Å²) in [5, 5.41) is 2.64. The number of piperidine rings is 1. The van der Waals surface area contributed by atoms with Crippen LogP contribution in [0.4, 0.5) is 0 Å². The van der Waals surface area contributed by atoms with Crippen LogP contribution in [0, 0.1) is 5.92 Å². The number of benzene rings is 1.